The first-order chi connectivity index (χ1) is 12.9. The Morgan fingerprint density at radius 2 is 1.59 bits per heavy atom. The Morgan fingerprint density at radius 3 is 2.26 bits per heavy atom. The van der Waals surface area contributed by atoms with E-state index in [-0.39, 0.29) is 17.3 Å². The molecule has 0 saturated heterocycles. The highest BCUT2D eigenvalue weighted by molar-refractivity contribution is 7.89. The van der Waals surface area contributed by atoms with Gasteiger partial charge in [0.1, 0.15) is 18.9 Å². The predicted octanol–water partition coefficient (Wildman–Crippen LogP) is 1.73. The zero-order valence-electron chi connectivity index (χ0n) is 15.2. The van der Waals surface area contributed by atoms with Crippen molar-refractivity contribution in [3.8, 4) is 17.2 Å². The molecule has 0 radical (unpaired) electrons. The summed E-state index contributed by atoms with van der Waals surface area (Å²) in [5.41, 5.74) is 0.677. The van der Waals surface area contributed by atoms with Gasteiger partial charge in [-0.15, -0.1) is 0 Å². The van der Waals surface area contributed by atoms with Gasteiger partial charge in [-0.25, -0.2) is 8.42 Å². The molecule has 27 heavy (non-hydrogen) atoms. The van der Waals surface area contributed by atoms with Gasteiger partial charge in [-0.3, -0.25) is 4.79 Å². The summed E-state index contributed by atoms with van der Waals surface area (Å²) >= 11 is 0. The quantitative estimate of drug-likeness (QED) is 0.646. The summed E-state index contributed by atoms with van der Waals surface area (Å²) in [7, 11) is 0.438. The van der Waals surface area contributed by atoms with Crippen LogP contribution in [0.3, 0.4) is 0 Å². The largest absolute Gasteiger partial charge is 0.496 e. The molecule has 2 rings (SSSR count). The van der Waals surface area contributed by atoms with E-state index in [9.17, 15) is 13.2 Å². The third-order valence-corrected chi connectivity index (χ3v) is 5.05. The smallest absolute Gasteiger partial charge is 0.321 e. The van der Waals surface area contributed by atoms with E-state index in [0.29, 0.717) is 17.1 Å². The van der Waals surface area contributed by atoms with Crippen LogP contribution in [0.25, 0.3) is 0 Å². The lowest BCUT2D eigenvalue weighted by Crippen LogP contribution is -2.30. The predicted molar refractivity (Wildman–Crippen MR) is 97.5 cm³/mol. The number of benzene rings is 2. The standard InChI is InChI=1S/C18H21NO7S/c1-23-15-7-5-4-6-13(15)12-26-18(20)11-19-27(21,22)14-8-9-16(24-2)17(10-14)25-3/h4-10,19H,11-12H2,1-3H3. The Kier molecular flexibility index (Phi) is 7.03. The minimum Gasteiger partial charge on any atom is -0.496 e. The lowest BCUT2D eigenvalue weighted by atomic mass is 10.2. The van der Waals surface area contributed by atoms with E-state index in [4.69, 9.17) is 18.9 Å². The van der Waals surface area contributed by atoms with Crippen LogP contribution in [0.2, 0.25) is 0 Å². The van der Waals surface area contributed by atoms with Crippen LogP contribution in [0.1, 0.15) is 5.56 Å². The summed E-state index contributed by atoms with van der Waals surface area (Å²) in [6, 6.07) is 11.2. The van der Waals surface area contributed by atoms with Gasteiger partial charge >= 0.3 is 5.97 Å². The van der Waals surface area contributed by atoms with Gasteiger partial charge in [0.15, 0.2) is 11.5 Å². The number of rotatable bonds is 9. The molecule has 0 heterocycles. The van der Waals surface area contributed by atoms with Crippen molar-refractivity contribution in [2.75, 3.05) is 27.9 Å². The van der Waals surface area contributed by atoms with E-state index >= 15 is 0 Å². The molecular formula is C18H21NO7S. The minimum atomic E-state index is -3.92. The molecule has 0 spiro atoms. The molecular weight excluding hydrogens is 374 g/mol. The Hall–Kier alpha value is -2.78. The van der Waals surface area contributed by atoms with E-state index in [0.717, 1.165) is 0 Å². The normalized spacial score (nSPS) is 10.9. The van der Waals surface area contributed by atoms with Gasteiger partial charge in [0.2, 0.25) is 10.0 Å². The number of carbonyl (C=O) groups is 1. The van der Waals surface area contributed by atoms with Crippen LogP contribution in [-0.2, 0) is 26.2 Å². The number of hydrogen-bond acceptors (Lipinski definition) is 7. The van der Waals surface area contributed by atoms with Gasteiger partial charge in [-0.2, -0.15) is 4.72 Å². The monoisotopic (exact) mass is 395 g/mol. The van der Waals surface area contributed by atoms with E-state index in [1.54, 1.807) is 24.3 Å². The number of nitrogens with one attached hydrogen (secondary N) is 1. The number of para-hydroxylation sites is 1. The maximum absolute atomic E-state index is 12.3. The highest BCUT2D eigenvalue weighted by Gasteiger charge is 2.18. The zero-order valence-corrected chi connectivity index (χ0v) is 16.0. The molecule has 146 valence electrons. The van der Waals surface area contributed by atoms with E-state index in [1.807, 2.05) is 0 Å². The summed E-state index contributed by atoms with van der Waals surface area (Å²) < 4.78 is 47.3. The molecule has 2 aromatic carbocycles. The van der Waals surface area contributed by atoms with Crippen LogP contribution in [0.5, 0.6) is 17.2 Å². The third-order valence-electron chi connectivity index (χ3n) is 3.65. The molecule has 0 unspecified atom stereocenters. The van der Waals surface area contributed by atoms with E-state index in [2.05, 4.69) is 4.72 Å². The second kappa shape index (κ2) is 9.24. The first-order valence-electron chi connectivity index (χ1n) is 7.90. The van der Waals surface area contributed by atoms with Crippen LogP contribution in [-0.4, -0.2) is 42.3 Å². The molecule has 0 bridgehead atoms. The SMILES string of the molecule is COc1ccccc1COC(=O)CNS(=O)(=O)c1ccc(OC)c(OC)c1. The summed E-state index contributed by atoms with van der Waals surface area (Å²) in [6.07, 6.45) is 0. The first kappa shape index (κ1) is 20.5. The average Bonchev–Trinajstić information content (AvgIpc) is 2.70. The Bertz CT molecular complexity index is 896. The van der Waals surface area contributed by atoms with E-state index in [1.165, 1.54) is 39.5 Å². The van der Waals surface area contributed by atoms with Gasteiger partial charge in [0.05, 0.1) is 26.2 Å². The molecule has 8 nitrogen and oxygen atoms in total. The Morgan fingerprint density at radius 1 is 0.926 bits per heavy atom. The number of methoxy groups -OCH3 is 3. The summed E-state index contributed by atoms with van der Waals surface area (Å²) in [5, 5.41) is 0. The molecule has 2 aromatic rings. The molecule has 0 atom stereocenters. The highest BCUT2D eigenvalue weighted by Crippen LogP contribution is 2.29. The number of hydrogen-bond donors (Lipinski definition) is 1. The highest BCUT2D eigenvalue weighted by atomic mass is 32.2. The molecule has 9 heteroatoms. The molecule has 1 N–H and O–H groups in total. The molecule has 0 aromatic heterocycles. The summed E-state index contributed by atoms with van der Waals surface area (Å²) in [4.78, 5) is 11.8. The first-order valence-corrected chi connectivity index (χ1v) is 9.38. The maximum Gasteiger partial charge on any atom is 0.321 e. The van der Waals surface area contributed by atoms with Crippen LogP contribution in [0.15, 0.2) is 47.4 Å². The van der Waals surface area contributed by atoms with Gasteiger partial charge in [-0.05, 0) is 18.2 Å². The maximum atomic E-state index is 12.3. The topological polar surface area (TPSA) is 100 Å². The molecule has 0 saturated carbocycles. The van der Waals surface area contributed by atoms with Crippen LogP contribution in [0, 0.1) is 0 Å². The number of carbonyl (C=O) groups excluding carboxylic acids is 1. The van der Waals surface area contributed by atoms with Gasteiger partial charge in [-0.1, -0.05) is 18.2 Å². The Labute approximate surface area is 158 Å². The van der Waals surface area contributed by atoms with Crippen molar-refractivity contribution in [3.05, 3.63) is 48.0 Å². The van der Waals surface area contributed by atoms with Crippen molar-refractivity contribution in [1.29, 1.82) is 0 Å². The van der Waals surface area contributed by atoms with Crippen molar-refractivity contribution in [2.45, 2.75) is 11.5 Å². The lowest BCUT2D eigenvalue weighted by Gasteiger charge is -2.11. The van der Waals surface area contributed by atoms with E-state index < -0.39 is 22.5 Å². The summed E-state index contributed by atoms with van der Waals surface area (Å²) in [6.45, 7) is -0.535. The van der Waals surface area contributed by atoms with Crippen LogP contribution >= 0.6 is 0 Å². The van der Waals surface area contributed by atoms with Crippen LogP contribution < -0.4 is 18.9 Å². The Balaban J connectivity index is 1.97. The fourth-order valence-electron chi connectivity index (χ4n) is 2.25. The second-order valence-electron chi connectivity index (χ2n) is 5.31. The van der Waals surface area contributed by atoms with Crippen molar-refractivity contribution < 1.29 is 32.2 Å². The van der Waals surface area contributed by atoms with Crippen molar-refractivity contribution in [3.63, 3.8) is 0 Å². The van der Waals surface area contributed by atoms with Crippen molar-refractivity contribution in [1.82, 2.24) is 4.72 Å². The van der Waals surface area contributed by atoms with Gasteiger partial charge in [0.25, 0.3) is 0 Å². The zero-order chi connectivity index (χ0) is 19.9. The molecule has 0 aliphatic heterocycles. The molecule has 0 amide bonds. The third kappa shape index (κ3) is 5.35. The fourth-order valence-corrected chi connectivity index (χ4v) is 3.24. The van der Waals surface area contributed by atoms with Crippen LogP contribution in [0.4, 0.5) is 0 Å². The molecule has 0 aliphatic rings. The summed E-state index contributed by atoms with van der Waals surface area (Å²) in [5.74, 6) is 0.521. The lowest BCUT2D eigenvalue weighted by molar-refractivity contribution is -0.143. The average molecular weight is 395 g/mol. The molecule has 0 aliphatic carbocycles. The minimum absolute atomic E-state index is 0.0269. The number of sulfonamides is 1. The molecule has 0 fully saturated rings. The van der Waals surface area contributed by atoms with Crippen molar-refractivity contribution in [2.24, 2.45) is 0 Å². The van der Waals surface area contributed by atoms with Gasteiger partial charge < -0.3 is 18.9 Å². The van der Waals surface area contributed by atoms with Crippen molar-refractivity contribution >= 4 is 16.0 Å². The van der Waals surface area contributed by atoms with Gasteiger partial charge in [0, 0.05) is 11.6 Å². The fraction of sp³-hybridized carbons (Fsp3) is 0.278. The number of esters is 1. The second-order valence-corrected chi connectivity index (χ2v) is 7.08. The number of ether oxygens (including phenoxy) is 4.